The molecule has 0 aliphatic rings. The lowest BCUT2D eigenvalue weighted by molar-refractivity contribution is 0.117. The summed E-state index contributed by atoms with van der Waals surface area (Å²) in [5, 5.41) is 3.53. The molecule has 37 heavy (non-hydrogen) atoms. The SMILES string of the molecule is COc1ccc(P(c2ccc(OC)c([C@@H](C)OC)c2)c2ccc(OC)c([C@@H](C)OC)c2)cc1[C@@H](C)OC. The highest BCUT2D eigenvalue weighted by molar-refractivity contribution is 7.79. The third kappa shape index (κ3) is 6.27. The monoisotopic (exact) mass is 526 g/mol. The number of rotatable bonds is 12. The lowest BCUT2D eigenvalue weighted by Gasteiger charge is -2.25. The second kappa shape index (κ2) is 13.3. The zero-order valence-electron chi connectivity index (χ0n) is 23.3. The van der Waals surface area contributed by atoms with E-state index < -0.39 is 7.92 Å². The Hall–Kier alpha value is -2.63. The van der Waals surface area contributed by atoms with Gasteiger partial charge in [0, 0.05) is 38.0 Å². The van der Waals surface area contributed by atoms with Gasteiger partial charge in [0.25, 0.3) is 0 Å². The molecule has 3 aromatic carbocycles. The third-order valence-corrected chi connectivity index (χ3v) is 9.17. The summed E-state index contributed by atoms with van der Waals surface area (Å²) in [5.41, 5.74) is 3.02. The number of benzene rings is 3. The van der Waals surface area contributed by atoms with E-state index in [9.17, 15) is 0 Å². The zero-order chi connectivity index (χ0) is 27.1. The maximum atomic E-state index is 5.68. The smallest absolute Gasteiger partial charge is 0.124 e. The van der Waals surface area contributed by atoms with Crippen molar-refractivity contribution in [1.82, 2.24) is 0 Å². The van der Waals surface area contributed by atoms with Gasteiger partial charge < -0.3 is 28.4 Å². The molecule has 0 saturated carbocycles. The van der Waals surface area contributed by atoms with Crippen molar-refractivity contribution in [2.45, 2.75) is 39.1 Å². The molecule has 7 heteroatoms. The topological polar surface area (TPSA) is 55.4 Å². The van der Waals surface area contributed by atoms with E-state index in [2.05, 4.69) is 36.4 Å². The number of methoxy groups -OCH3 is 6. The fourth-order valence-electron chi connectivity index (χ4n) is 4.36. The Morgan fingerprint density at radius 1 is 0.459 bits per heavy atom. The second-order valence-corrected chi connectivity index (χ2v) is 11.0. The van der Waals surface area contributed by atoms with Crippen LogP contribution >= 0.6 is 7.92 Å². The van der Waals surface area contributed by atoms with Gasteiger partial charge in [0.2, 0.25) is 0 Å². The van der Waals surface area contributed by atoms with Crippen molar-refractivity contribution in [3.8, 4) is 17.2 Å². The van der Waals surface area contributed by atoms with Gasteiger partial charge in [0.15, 0.2) is 0 Å². The van der Waals surface area contributed by atoms with Crippen LogP contribution in [0.3, 0.4) is 0 Å². The normalized spacial score (nSPS) is 13.8. The molecule has 0 N–H and O–H groups in total. The predicted molar refractivity (Wildman–Crippen MR) is 151 cm³/mol. The summed E-state index contributed by atoms with van der Waals surface area (Å²) in [4.78, 5) is 0. The molecule has 0 heterocycles. The molecular weight excluding hydrogens is 487 g/mol. The molecule has 0 aliphatic heterocycles. The van der Waals surface area contributed by atoms with E-state index in [0.717, 1.165) is 33.9 Å². The van der Waals surface area contributed by atoms with Crippen LogP contribution in [-0.2, 0) is 14.2 Å². The molecule has 3 rings (SSSR count). The molecule has 0 spiro atoms. The number of hydrogen-bond donors (Lipinski definition) is 0. The van der Waals surface area contributed by atoms with Gasteiger partial charge in [-0.15, -0.1) is 0 Å². The van der Waals surface area contributed by atoms with Gasteiger partial charge in [0.1, 0.15) is 17.2 Å². The highest BCUT2D eigenvalue weighted by Crippen LogP contribution is 2.40. The van der Waals surface area contributed by atoms with Gasteiger partial charge in [-0.1, -0.05) is 18.2 Å². The van der Waals surface area contributed by atoms with Crippen LogP contribution in [0.2, 0.25) is 0 Å². The first-order chi connectivity index (χ1) is 17.8. The Balaban J connectivity index is 2.31. The predicted octanol–water partition coefficient (Wildman–Crippen LogP) is 5.59. The molecule has 0 bridgehead atoms. The molecule has 6 nitrogen and oxygen atoms in total. The van der Waals surface area contributed by atoms with Gasteiger partial charge in [-0.05, 0) is 81.0 Å². The van der Waals surface area contributed by atoms with Crippen molar-refractivity contribution in [2.24, 2.45) is 0 Å². The average Bonchev–Trinajstić information content (AvgIpc) is 2.95. The van der Waals surface area contributed by atoms with Gasteiger partial charge >= 0.3 is 0 Å². The molecule has 0 fully saturated rings. The first-order valence-electron chi connectivity index (χ1n) is 12.3. The molecule has 200 valence electrons. The molecule has 0 unspecified atom stereocenters. The quantitative estimate of drug-likeness (QED) is 0.287. The molecule has 0 aromatic heterocycles. The summed E-state index contributed by atoms with van der Waals surface area (Å²) in [5.74, 6) is 2.42. The van der Waals surface area contributed by atoms with E-state index in [1.807, 2.05) is 39.0 Å². The lowest BCUT2D eigenvalue weighted by atomic mass is 10.1. The summed E-state index contributed by atoms with van der Waals surface area (Å²) in [6, 6.07) is 19.1. The Morgan fingerprint density at radius 3 is 0.946 bits per heavy atom. The van der Waals surface area contributed by atoms with Crippen LogP contribution in [0.15, 0.2) is 54.6 Å². The maximum absolute atomic E-state index is 5.68. The van der Waals surface area contributed by atoms with Crippen LogP contribution in [0, 0.1) is 0 Å². The molecule has 0 radical (unpaired) electrons. The highest BCUT2D eigenvalue weighted by atomic mass is 31.1. The Bertz CT molecular complexity index is 1030. The molecule has 3 atom stereocenters. The van der Waals surface area contributed by atoms with Crippen molar-refractivity contribution >= 4 is 23.8 Å². The van der Waals surface area contributed by atoms with E-state index >= 15 is 0 Å². The Kier molecular flexibility index (Phi) is 10.4. The van der Waals surface area contributed by atoms with Crippen LogP contribution < -0.4 is 30.1 Å². The van der Waals surface area contributed by atoms with E-state index in [0.29, 0.717) is 0 Å². The van der Waals surface area contributed by atoms with Gasteiger partial charge in [-0.2, -0.15) is 0 Å². The standard InChI is InChI=1S/C30H39O6P/c1-19(31-4)25-16-22(10-13-28(25)34-7)37(23-11-14-29(35-8)26(17-23)20(2)32-5)24-12-15-30(36-9)27(18-24)21(3)33-6/h10-21H,1-9H3/t19-,20-,21-/m1/s1. The minimum atomic E-state index is -0.969. The largest absolute Gasteiger partial charge is 0.496 e. The van der Waals surface area contributed by atoms with Crippen LogP contribution in [0.5, 0.6) is 17.2 Å². The lowest BCUT2D eigenvalue weighted by Crippen LogP contribution is -2.23. The van der Waals surface area contributed by atoms with E-state index in [-0.39, 0.29) is 18.3 Å². The molecular formula is C30H39O6P. The van der Waals surface area contributed by atoms with Crippen molar-refractivity contribution in [1.29, 1.82) is 0 Å². The summed E-state index contributed by atoms with van der Waals surface area (Å²) in [7, 11) is 9.23. The molecule has 0 saturated heterocycles. The Morgan fingerprint density at radius 2 is 0.730 bits per heavy atom. The fourth-order valence-corrected chi connectivity index (χ4v) is 6.73. The maximum Gasteiger partial charge on any atom is 0.124 e. The van der Waals surface area contributed by atoms with Crippen LogP contribution in [0.1, 0.15) is 55.8 Å². The fraction of sp³-hybridized carbons (Fsp3) is 0.400. The molecule has 0 amide bonds. The van der Waals surface area contributed by atoms with Gasteiger partial charge in [-0.25, -0.2) is 0 Å². The van der Waals surface area contributed by atoms with Crippen molar-refractivity contribution in [3.05, 3.63) is 71.3 Å². The van der Waals surface area contributed by atoms with Crippen molar-refractivity contribution in [3.63, 3.8) is 0 Å². The van der Waals surface area contributed by atoms with E-state index in [1.165, 1.54) is 15.9 Å². The average molecular weight is 527 g/mol. The van der Waals surface area contributed by atoms with E-state index in [4.69, 9.17) is 28.4 Å². The van der Waals surface area contributed by atoms with Crippen LogP contribution in [0.4, 0.5) is 0 Å². The van der Waals surface area contributed by atoms with E-state index in [1.54, 1.807) is 42.7 Å². The summed E-state index contributed by atoms with van der Waals surface area (Å²) < 4.78 is 34.0. The summed E-state index contributed by atoms with van der Waals surface area (Å²) in [6.07, 6.45) is -0.357. The third-order valence-electron chi connectivity index (χ3n) is 6.79. The second-order valence-electron chi connectivity index (χ2n) is 8.75. The van der Waals surface area contributed by atoms with Crippen molar-refractivity contribution < 1.29 is 28.4 Å². The first kappa shape index (κ1) is 28.9. The first-order valence-corrected chi connectivity index (χ1v) is 13.6. The van der Waals surface area contributed by atoms with Crippen LogP contribution in [0.25, 0.3) is 0 Å². The number of hydrogen-bond acceptors (Lipinski definition) is 6. The van der Waals surface area contributed by atoms with Crippen molar-refractivity contribution in [2.75, 3.05) is 42.7 Å². The minimum Gasteiger partial charge on any atom is -0.496 e. The van der Waals surface area contributed by atoms with Gasteiger partial charge in [-0.3, -0.25) is 0 Å². The zero-order valence-corrected chi connectivity index (χ0v) is 24.2. The molecule has 0 aliphatic carbocycles. The number of ether oxygens (including phenoxy) is 6. The van der Waals surface area contributed by atoms with Crippen LogP contribution in [-0.4, -0.2) is 42.7 Å². The van der Waals surface area contributed by atoms with Gasteiger partial charge in [0.05, 0.1) is 39.6 Å². The molecule has 3 aromatic rings. The highest BCUT2D eigenvalue weighted by Gasteiger charge is 2.24. The minimum absolute atomic E-state index is 0.119. The Labute approximate surface area is 222 Å². The summed E-state index contributed by atoms with van der Waals surface area (Å²) >= 11 is 0. The summed E-state index contributed by atoms with van der Waals surface area (Å²) in [6.45, 7) is 6.09.